The number of unbranched alkanes of at least 4 members (excludes halogenated alkanes) is 18. The van der Waals surface area contributed by atoms with E-state index in [4.69, 9.17) is 4.74 Å². The molecule has 0 saturated carbocycles. The number of rotatable bonds is 26. The maximum absolute atomic E-state index is 13.4. The Labute approximate surface area is 238 Å². The van der Waals surface area contributed by atoms with Crippen LogP contribution in [0.3, 0.4) is 0 Å². The first-order chi connectivity index (χ1) is 18.6. The Morgan fingerprint density at radius 3 is 1.34 bits per heavy atom. The van der Waals surface area contributed by atoms with E-state index in [2.05, 4.69) is 39.8 Å². The standard InChI is InChI=1S/C36H64O2/c1-5-8-11-14-17-19-22-25-32-36(4,31-24-21-16-13-10-7-3)35(37)38-34-29-27-33(28-30-34)26-23-20-18-15-12-9-6-2/h27-30H,5-26,31-32H2,1-4H3. The molecule has 0 amide bonds. The number of carbonyl (C=O) groups is 1. The van der Waals surface area contributed by atoms with Crippen LogP contribution in [-0.4, -0.2) is 5.97 Å². The number of carbonyl (C=O) groups excluding carboxylic acids is 1. The van der Waals surface area contributed by atoms with E-state index in [1.54, 1.807) is 0 Å². The fourth-order valence-corrected chi connectivity index (χ4v) is 5.51. The van der Waals surface area contributed by atoms with Gasteiger partial charge in [-0.2, -0.15) is 0 Å². The summed E-state index contributed by atoms with van der Waals surface area (Å²) in [6.07, 6.45) is 30.4. The number of benzene rings is 1. The van der Waals surface area contributed by atoms with E-state index in [0.29, 0.717) is 5.75 Å². The first-order valence-corrected chi connectivity index (χ1v) is 16.9. The molecule has 0 fully saturated rings. The van der Waals surface area contributed by atoms with Gasteiger partial charge >= 0.3 is 5.97 Å². The summed E-state index contributed by atoms with van der Waals surface area (Å²) in [5.41, 5.74) is 0.982. The zero-order valence-electron chi connectivity index (χ0n) is 26.1. The van der Waals surface area contributed by atoms with Gasteiger partial charge in [0.25, 0.3) is 0 Å². The third kappa shape index (κ3) is 17.3. The Morgan fingerprint density at radius 1 is 0.553 bits per heavy atom. The lowest BCUT2D eigenvalue weighted by Crippen LogP contribution is -2.32. The summed E-state index contributed by atoms with van der Waals surface area (Å²) in [4.78, 5) is 13.4. The van der Waals surface area contributed by atoms with Crippen LogP contribution in [-0.2, 0) is 11.2 Å². The van der Waals surface area contributed by atoms with Gasteiger partial charge in [-0.15, -0.1) is 0 Å². The van der Waals surface area contributed by atoms with Gasteiger partial charge in [-0.05, 0) is 50.3 Å². The van der Waals surface area contributed by atoms with Gasteiger partial charge in [0, 0.05) is 0 Å². The van der Waals surface area contributed by atoms with Crippen molar-refractivity contribution >= 4 is 5.97 Å². The molecule has 1 rings (SSSR count). The second-order valence-corrected chi connectivity index (χ2v) is 12.2. The van der Waals surface area contributed by atoms with Gasteiger partial charge < -0.3 is 4.74 Å². The normalized spacial score (nSPS) is 12.9. The van der Waals surface area contributed by atoms with Crippen molar-refractivity contribution in [3.63, 3.8) is 0 Å². The average molecular weight is 529 g/mol. The summed E-state index contributed by atoms with van der Waals surface area (Å²) in [6, 6.07) is 8.33. The van der Waals surface area contributed by atoms with Gasteiger partial charge in [-0.25, -0.2) is 0 Å². The highest BCUT2D eigenvalue weighted by Crippen LogP contribution is 2.34. The fourth-order valence-electron chi connectivity index (χ4n) is 5.51. The van der Waals surface area contributed by atoms with Crippen molar-refractivity contribution in [1.82, 2.24) is 0 Å². The highest BCUT2D eigenvalue weighted by atomic mass is 16.5. The Morgan fingerprint density at radius 2 is 0.921 bits per heavy atom. The number of ether oxygens (including phenoxy) is 1. The molecular formula is C36H64O2. The summed E-state index contributed by atoms with van der Waals surface area (Å²) in [6.45, 7) is 8.97. The van der Waals surface area contributed by atoms with E-state index in [1.165, 1.54) is 128 Å². The third-order valence-corrected chi connectivity index (χ3v) is 8.36. The molecule has 0 aliphatic carbocycles. The summed E-state index contributed by atoms with van der Waals surface area (Å²) in [5, 5.41) is 0. The molecule has 0 radical (unpaired) electrons. The molecule has 2 nitrogen and oxygen atoms in total. The SMILES string of the molecule is CCCCCCCCCCC(C)(CCCCCCCC)C(=O)Oc1ccc(CCCCCCCCC)cc1. The van der Waals surface area contributed by atoms with Crippen molar-refractivity contribution in [3.05, 3.63) is 29.8 Å². The second kappa shape index (κ2) is 23.6. The van der Waals surface area contributed by atoms with Crippen LogP contribution in [0.2, 0.25) is 0 Å². The molecule has 38 heavy (non-hydrogen) atoms. The average Bonchev–Trinajstić information content (AvgIpc) is 2.92. The third-order valence-electron chi connectivity index (χ3n) is 8.36. The van der Waals surface area contributed by atoms with E-state index in [-0.39, 0.29) is 11.4 Å². The Hall–Kier alpha value is -1.31. The van der Waals surface area contributed by atoms with Crippen LogP contribution in [0, 0.1) is 5.41 Å². The molecule has 0 aromatic heterocycles. The molecule has 0 aliphatic heterocycles. The fraction of sp³-hybridized carbons (Fsp3) is 0.806. The maximum atomic E-state index is 13.4. The lowest BCUT2D eigenvalue weighted by atomic mass is 9.79. The van der Waals surface area contributed by atoms with Crippen molar-refractivity contribution in [2.75, 3.05) is 0 Å². The highest BCUT2D eigenvalue weighted by Gasteiger charge is 2.34. The second-order valence-electron chi connectivity index (χ2n) is 12.2. The minimum absolute atomic E-state index is 0.0196. The molecular weight excluding hydrogens is 464 g/mol. The Kier molecular flexibility index (Phi) is 21.5. The van der Waals surface area contributed by atoms with Gasteiger partial charge in [0.15, 0.2) is 0 Å². The molecule has 220 valence electrons. The number of hydrogen-bond acceptors (Lipinski definition) is 2. The van der Waals surface area contributed by atoms with Crippen LogP contribution in [0.15, 0.2) is 24.3 Å². The van der Waals surface area contributed by atoms with Crippen molar-refractivity contribution in [2.24, 2.45) is 5.41 Å². The van der Waals surface area contributed by atoms with Gasteiger partial charge in [-0.1, -0.05) is 161 Å². The van der Waals surface area contributed by atoms with E-state index in [1.807, 2.05) is 12.1 Å². The van der Waals surface area contributed by atoms with E-state index in [0.717, 1.165) is 32.1 Å². The Balaban J connectivity index is 2.51. The molecule has 0 heterocycles. The smallest absolute Gasteiger partial charge is 0.317 e. The van der Waals surface area contributed by atoms with Crippen molar-refractivity contribution < 1.29 is 9.53 Å². The van der Waals surface area contributed by atoms with Crippen LogP contribution in [0.25, 0.3) is 0 Å². The van der Waals surface area contributed by atoms with Crippen LogP contribution in [0.4, 0.5) is 0 Å². The summed E-state index contributed by atoms with van der Waals surface area (Å²) >= 11 is 0. The molecule has 1 atom stereocenters. The molecule has 0 aliphatic rings. The van der Waals surface area contributed by atoms with Crippen LogP contribution < -0.4 is 4.74 Å². The largest absolute Gasteiger partial charge is 0.426 e. The van der Waals surface area contributed by atoms with E-state index in [9.17, 15) is 4.79 Å². The minimum Gasteiger partial charge on any atom is -0.426 e. The van der Waals surface area contributed by atoms with Gasteiger partial charge in [0.1, 0.15) is 5.75 Å². The molecule has 0 N–H and O–H groups in total. The lowest BCUT2D eigenvalue weighted by molar-refractivity contribution is -0.146. The number of aryl methyl sites for hydroxylation is 1. The predicted octanol–water partition coefficient (Wildman–Crippen LogP) is 12.2. The summed E-state index contributed by atoms with van der Waals surface area (Å²) in [7, 11) is 0. The molecule has 0 spiro atoms. The molecule has 1 aromatic rings. The van der Waals surface area contributed by atoms with Crippen molar-refractivity contribution in [3.8, 4) is 5.75 Å². The lowest BCUT2D eigenvalue weighted by Gasteiger charge is -2.27. The van der Waals surface area contributed by atoms with Gasteiger partial charge in [-0.3, -0.25) is 4.79 Å². The zero-order valence-corrected chi connectivity index (χ0v) is 26.1. The first kappa shape index (κ1) is 34.7. The van der Waals surface area contributed by atoms with E-state index >= 15 is 0 Å². The minimum atomic E-state index is -0.372. The van der Waals surface area contributed by atoms with Crippen LogP contribution in [0.5, 0.6) is 5.75 Å². The molecule has 1 unspecified atom stereocenters. The molecule has 1 aromatic carbocycles. The predicted molar refractivity (Wildman–Crippen MR) is 167 cm³/mol. The van der Waals surface area contributed by atoms with Crippen molar-refractivity contribution in [2.45, 2.75) is 182 Å². The number of hydrogen-bond donors (Lipinski definition) is 0. The van der Waals surface area contributed by atoms with Crippen molar-refractivity contribution in [1.29, 1.82) is 0 Å². The van der Waals surface area contributed by atoms with Gasteiger partial charge in [0.05, 0.1) is 5.41 Å². The molecule has 0 bridgehead atoms. The zero-order chi connectivity index (χ0) is 27.7. The van der Waals surface area contributed by atoms with E-state index < -0.39 is 0 Å². The van der Waals surface area contributed by atoms with Crippen LogP contribution in [0.1, 0.15) is 181 Å². The van der Waals surface area contributed by atoms with Gasteiger partial charge in [0.2, 0.25) is 0 Å². The summed E-state index contributed by atoms with van der Waals surface area (Å²) in [5.74, 6) is 0.692. The quantitative estimate of drug-likeness (QED) is 0.0679. The summed E-state index contributed by atoms with van der Waals surface area (Å²) < 4.78 is 5.99. The van der Waals surface area contributed by atoms with Crippen LogP contribution >= 0.6 is 0 Å². The molecule has 2 heteroatoms. The maximum Gasteiger partial charge on any atom is 0.317 e. The topological polar surface area (TPSA) is 26.3 Å². The first-order valence-electron chi connectivity index (χ1n) is 16.9. The number of esters is 1. The highest BCUT2D eigenvalue weighted by molar-refractivity contribution is 5.78. The monoisotopic (exact) mass is 528 g/mol. The Bertz CT molecular complexity index is 664. The molecule has 0 saturated heterocycles.